The fourth-order valence-corrected chi connectivity index (χ4v) is 4.32. The smallest absolute Gasteiger partial charge is 0.262 e. The number of carbonyl (C=O) groups excluding carboxylic acids is 2. The summed E-state index contributed by atoms with van der Waals surface area (Å²) in [4.78, 5) is 26.6. The van der Waals surface area contributed by atoms with Crippen molar-refractivity contribution in [1.82, 2.24) is 4.90 Å². The van der Waals surface area contributed by atoms with E-state index in [9.17, 15) is 9.59 Å². The molecule has 1 N–H and O–H groups in total. The summed E-state index contributed by atoms with van der Waals surface area (Å²) in [5, 5.41) is 3.89. The average Bonchev–Trinajstić information content (AvgIpc) is 3.21. The summed E-state index contributed by atoms with van der Waals surface area (Å²) in [6.07, 6.45) is 4.35. The molecule has 0 spiro atoms. The first-order chi connectivity index (χ1) is 15.7. The molecule has 1 fully saturated rings. The van der Waals surface area contributed by atoms with E-state index in [1.807, 2.05) is 18.2 Å². The number of aryl methyl sites for hydroxylation is 2. The predicted molar refractivity (Wildman–Crippen MR) is 120 cm³/mol. The molecule has 1 aromatic heterocycles. The van der Waals surface area contributed by atoms with Crippen LogP contribution in [0, 0.1) is 0 Å². The van der Waals surface area contributed by atoms with Crippen molar-refractivity contribution in [3.8, 4) is 5.75 Å². The lowest BCUT2D eigenvalue weighted by Gasteiger charge is -2.26. The maximum Gasteiger partial charge on any atom is 0.262 e. The molecule has 1 aliphatic carbocycles. The highest BCUT2D eigenvalue weighted by atomic mass is 16.5. The Morgan fingerprint density at radius 1 is 1.00 bits per heavy atom. The van der Waals surface area contributed by atoms with Gasteiger partial charge in [0.2, 0.25) is 0 Å². The van der Waals surface area contributed by atoms with Crippen LogP contribution in [0.2, 0.25) is 0 Å². The third-order valence-electron chi connectivity index (χ3n) is 6.01. The zero-order valence-electron chi connectivity index (χ0n) is 17.9. The molecular weight excluding hydrogens is 408 g/mol. The van der Waals surface area contributed by atoms with Gasteiger partial charge in [-0.3, -0.25) is 9.59 Å². The van der Waals surface area contributed by atoms with E-state index in [-0.39, 0.29) is 18.4 Å². The van der Waals surface area contributed by atoms with Gasteiger partial charge in [-0.1, -0.05) is 0 Å². The number of morpholine rings is 1. The van der Waals surface area contributed by atoms with Gasteiger partial charge in [-0.15, -0.1) is 0 Å². The van der Waals surface area contributed by atoms with Crippen LogP contribution < -0.4 is 10.1 Å². The molecule has 1 aliphatic heterocycles. The fraction of sp³-hybridized carbons (Fsp3) is 0.360. The molecule has 2 heterocycles. The topological polar surface area (TPSA) is 81.0 Å². The number of fused-ring (bicyclic) bond motifs is 3. The minimum atomic E-state index is -0.258. The van der Waals surface area contributed by atoms with Gasteiger partial charge < -0.3 is 24.1 Å². The molecule has 0 saturated carbocycles. The molecule has 2 aromatic carbocycles. The van der Waals surface area contributed by atoms with Gasteiger partial charge in [-0.2, -0.15) is 0 Å². The molecule has 2 aliphatic rings. The number of amides is 2. The van der Waals surface area contributed by atoms with Crippen LogP contribution >= 0.6 is 0 Å². The van der Waals surface area contributed by atoms with Crippen LogP contribution in [0.5, 0.6) is 5.75 Å². The number of hydrogen-bond acceptors (Lipinski definition) is 5. The predicted octanol–water partition coefficient (Wildman–Crippen LogP) is 3.80. The Bertz CT molecular complexity index is 1130. The van der Waals surface area contributed by atoms with E-state index in [0.717, 1.165) is 29.6 Å². The Hall–Kier alpha value is -3.32. The van der Waals surface area contributed by atoms with Gasteiger partial charge in [-0.25, -0.2) is 0 Å². The minimum Gasteiger partial charge on any atom is -0.484 e. The van der Waals surface area contributed by atoms with Gasteiger partial charge in [0, 0.05) is 41.7 Å². The number of rotatable bonds is 5. The van der Waals surface area contributed by atoms with Crippen molar-refractivity contribution in [2.24, 2.45) is 0 Å². The molecule has 32 heavy (non-hydrogen) atoms. The first kappa shape index (κ1) is 20.6. The molecule has 0 atom stereocenters. The first-order valence-corrected chi connectivity index (χ1v) is 11.1. The maximum absolute atomic E-state index is 12.5. The van der Waals surface area contributed by atoms with Gasteiger partial charge in [0.1, 0.15) is 17.1 Å². The Morgan fingerprint density at radius 2 is 1.78 bits per heavy atom. The lowest BCUT2D eigenvalue weighted by Crippen LogP contribution is -2.40. The Balaban J connectivity index is 1.17. The van der Waals surface area contributed by atoms with Crippen molar-refractivity contribution in [3.05, 3.63) is 59.4 Å². The number of carbonyl (C=O) groups is 2. The van der Waals surface area contributed by atoms with Gasteiger partial charge in [0.05, 0.1) is 13.2 Å². The van der Waals surface area contributed by atoms with Gasteiger partial charge in [0.25, 0.3) is 11.8 Å². The summed E-state index contributed by atoms with van der Waals surface area (Å²) < 4.78 is 17.0. The number of furan rings is 1. The molecule has 0 unspecified atom stereocenters. The highest BCUT2D eigenvalue weighted by molar-refractivity contribution is 5.96. The van der Waals surface area contributed by atoms with Crippen molar-refractivity contribution >= 4 is 28.5 Å². The Morgan fingerprint density at radius 3 is 2.59 bits per heavy atom. The second-order valence-electron chi connectivity index (χ2n) is 8.19. The number of nitrogens with zero attached hydrogens (tertiary/aromatic N) is 1. The van der Waals surface area contributed by atoms with Crippen LogP contribution in [-0.2, 0) is 22.4 Å². The van der Waals surface area contributed by atoms with E-state index in [4.69, 9.17) is 13.9 Å². The summed E-state index contributed by atoms with van der Waals surface area (Å²) >= 11 is 0. The summed E-state index contributed by atoms with van der Waals surface area (Å²) in [6.45, 7) is 2.23. The van der Waals surface area contributed by atoms with Crippen LogP contribution in [0.3, 0.4) is 0 Å². The summed E-state index contributed by atoms with van der Waals surface area (Å²) in [7, 11) is 0. The van der Waals surface area contributed by atoms with Gasteiger partial charge >= 0.3 is 0 Å². The minimum absolute atomic E-state index is 0.0219. The van der Waals surface area contributed by atoms with Crippen LogP contribution in [0.4, 0.5) is 5.69 Å². The van der Waals surface area contributed by atoms with Crippen LogP contribution in [0.25, 0.3) is 11.0 Å². The van der Waals surface area contributed by atoms with E-state index in [2.05, 4.69) is 5.32 Å². The van der Waals surface area contributed by atoms with Crippen molar-refractivity contribution in [1.29, 1.82) is 0 Å². The number of nitrogens with one attached hydrogen (secondary N) is 1. The molecule has 0 radical (unpaired) electrons. The number of anilines is 1. The van der Waals surface area contributed by atoms with E-state index in [1.54, 1.807) is 29.2 Å². The third-order valence-corrected chi connectivity index (χ3v) is 6.01. The van der Waals surface area contributed by atoms with Crippen LogP contribution in [-0.4, -0.2) is 49.6 Å². The summed E-state index contributed by atoms with van der Waals surface area (Å²) in [5.41, 5.74) is 3.36. The van der Waals surface area contributed by atoms with E-state index in [1.165, 1.54) is 18.4 Å². The van der Waals surface area contributed by atoms with Crippen molar-refractivity contribution in [2.45, 2.75) is 25.7 Å². The van der Waals surface area contributed by atoms with Crippen LogP contribution in [0.1, 0.15) is 34.5 Å². The van der Waals surface area contributed by atoms with E-state index < -0.39 is 0 Å². The molecule has 7 heteroatoms. The summed E-state index contributed by atoms with van der Waals surface area (Å²) in [6, 6.07) is 12.6. The largest absolute Gasteiger partial charge is 0.484 e. The molecular formula is C25H26N2O5. The first-order valence-electron chi connectivity index (χ1n) is 11.1. The molecule has 0 bridgehead atoms. The number of benzene rings is 2. The van der Waals surface area contributed by atoms with Gasteiger partial charge in [-0.05, 0) is 61.7 Å². The normalized spacial score (nSPS) is 15.9. The second-order valence-corrected chi connectivity index (χ2v) is 8.19. The molecule has 7 nitrogen and oxygen atoms in total. The van der Waals surface area contributed by atoms with Crippen LogP contribution in [0.15, 0.2) is 46.9 Å². The SMILES string of the molecule is O=C(COc1ccc2oc3c(c2c1)CCCC3)Nc1ccc(C(=O)N2CCOCC2)cc1. The zero-order chi connectivity index (χ0) is 21.9. The molecule has 1 saturated heterocycles. The molecule has 3 aromatic rings. The lowest BCUT2D eigenvalue weighted by atomic mass is 9.96. The number of hydrogen-bond donors (Lipinski definition) is 1. The Labute approximate surface area is 186 Å². The fourth-order valence-electron chi connectivity index (χ4n) is 4.32. The highest BCUT2D eigenvalue weighted by Gasteiger charge is 2.19. The lowest BCUT2D eigenvalue weighted by molar-refractivity contribution is -0.118. The summed E-state index contributed by atoms with van der Waals surface area (Å²) in [5.74, 6) is 1.45. The Kier molecular flexibility index (Phi) is 5.81. The third kappa shape index (κ3) is 4.34. The number of ether oxygens (including phenoxy) is 2. The van der Waals surface area contributed by atoms with Gasteiger partial charge in [0.15, 0.2) is 6.61 Å². The monoisotopic (exact) mass is 434 g/mol. The highest BCUT2D eigenvalue weighted by Crippen LogP contribution is 2.33. The van der Waals surface area contributed by atoms with Crippen molar-refractivity contribution in [2.75, 3.05) is 38.2 Å². The van der Waals surface area contributed by atoms with Crippen molar-refractivity contribution in [3.63, 3.8) is 0 Å². The molecule has 5 rings (SSSR count). The molecule has 166 valence electrons. The average molecular weight is 434 g/mol. The van der Waals surface area contributed by atoms with Crippen molar-refractivity contribution < 1.29 is 23.5 Å². The van der Waals surface area contributed by atoms with E-state index in [0.29, 0.717) is 43.3 Å². The van der Waals surface area contributed by atoms with E-state index >= 15 is 0 Å². The molecule has 2 amide bonds. The zero-order valence-corrected chi connectivity index (χ0v) is 17.9. The maximum atomic E-state index is 12.5. The second kappa shape index (κ2) is 9.04. The quantitative estimate of drug-likeness (QED) is 0.661. The standard InChI is InChI=1S/C25H26N2O5/c28-24(26-18-7-5-17(6-8-18)25(29)27-11-13-30-14-12-27)16-31-19-9-10-23-21(15-19)20-3-1-2-4-22(20)32-23/h5-10,15H,1-4,11-14,16H2,(H,26,28).